The minimum absolute atomic E-state index is 0.112. The number of benzene rings is 2. The molecule has 1 N–H and O–H groups in total. The molecule has 0 aliphatic carbocycles. The molecular formula is C26H32FN3O8S. The maximum absolute atomic E-state index is 14.0. The highest BCUT2D eigenvalue weighted by atomic mass is 32.2. The molecule has 0 saturated carbocycles. The van der Waals surface area contributed by atoms with Crippen molar-refractivity contribution in [2.75, 3.05) is 20.6 Å². The largest absolute Gasteiger partial charge is 0.461 e. The van der Waals surface area contributed by atoms with E-state index in [-0.39, 0.29) is 17.7 Å². The zero-order valence-electron chi connectivity index (χ0n) is 22.1. The van der Waals surface area contributed by atoms with Crippen LogP contribution in [0, 0.1) is 5.82 Å². The van der Waals surface area contributed by atoms with Crippen molar-refractivity contribution in [3.05, 3.63) is 66.0 Å². The van der Waals surface area contributed by atoms with Gasteiger partial charge in [-0.1, -0.05) is 30.3 Å². The lowest BCUT2D eigenvalue weighted by Crippen LogP contribution is -2.55. The van der Waals surface area contributed by atoms with Crippen LogP contribution >= 0.6 is 0 Å². The molecule has 39 heavy (non-hydrogen) atoms. The van der Waals surface area contributed by atoms with E-state index in [2.05, 4.69) is 0 Å². The number of hydroxylamine groups is 2. The van der Waals surface area contributed by atoms with Gasteiger partial charge in [0.1, 0.15) is 11.9 Å². The summed E-state index contributed by atoms with van der Waals surface area (Å²) in [4.78, 5) is 45.9. The van der Waals surface area contributed by atoms with Crippen molar-refractivity contribution in [3.8, 4) is 0 Å². The number of rotatable bonds is 8. The molecule has 1 heterocycles. The molecule has 11 nitrogen and oxygen atoms in total. The van der Waals surface area contributed by atoms with Gasteiger partial charge in [-0.3, -0.25) is 4.79 Å². The number of aliphatic hydroxyl groups is 1. The minimum atomic E-state index is -4.39. The van der Waals surface area contributed by atoms with Crippen LogP contribution in [0.4, 0.5) is 9.18 Å². The second-order valence-corrected chi connectivity index (χ2v) is 11.4. The summed E-state index contributed by atoms with van der Waals surface area (Å²) in [5, 5.41) is 10.9. The first-order valence-corrected chi connectivity index (χ1v) is 13.7. The van der Waals surface area contributed by atoms with Gasteiger partial charge in [-0.05, 0) is 43.7 Å². The first kappa shape index (κ1) is 30.0. The molecule has 0 aromatic heterocycles. The Morgan fingerprint density at radius 3 is 2.26 bits per heavy atom. The quantitative estimate of drug-likeness (QED) is 0.379. The number of esters is 1. The summed E-state index contributed by atoms with van der Waals surface area (Å²) in [5.41, 5.74) is 0.615. The third-order valence-electron chi connectivity index (χ3n) is 5.88. The number of halogens is 1. The highest BCUT2D eigenvalue weighted by Gasteiger charge is 2.48. The lowest BCUT2D eigenvalue weighted by atomic mass is 10.0. The van der Waals surface area contributed by atoms with Crippen LogP contribution in [-0.4, -0.2) is 90.7 Å². The fourth-order valence-electron chi connectivity index (χ4n) is 4.00. The lowest BCUT2D eigenvalue weighted by molar-refractivity contribution is -0.194. The number of carbonyl (C=O) groups excluding carboxylic acids is 3. The van der Waals surface area contributed by atoms with Crippen molar-refractivity contribution in [1.29, 1.82) is 0 Å². The Morgan fingerprint density at radius 2 is 1.69 bits per heavy atom. The van der Waals surface area contributed by atoms with Crippen molar-refractivity contribution >= 4 is 28.0 Å². The first-order chi connectivity index (χ1) is 18.3. The van der Waals surface area contributed by atoms with Gasteiger partial charge >= 0.3 is 12.1 Å². The van der Waals surface area contributed by atoms with E-state index >= 15 is 0 Å². The Hall–Kier alpha value is -3.55. The topological polar surface area (TPSA) is 134 Å². The maximum atomic E-state index is 14.0. The molecule has 2 amide bonds. The Morgan fingerprint density at radius 1 is 1.08 bits per heavy atom. The molecule has 13 heteroatoms. The van der Waals surface area contributed by atoms with Crippen LogP contribution in [0.2, 0.25) is 0 Å². The predicted molar refractivity (Wildman–Crippen MR) is 137 cm³/mol. The Bertz CT molecular complexity index is 1270. The number of carbonyl (C=O) groups is 3. The summed E-state index contributed by atoms with van der Waals surface area (Å²) in [5.74, 6) is -2.58. The second kappa shape index (κ2) is 12.5. The molecule has 0 unspecified atom stereocenters. The molecule has 2 aromatic rings. The van der Waals surface area contributed by atoms with E-state index in [0.717, 1.165) is 33.5 Å². The summed E-state index contributed by atoms with van der Waals surface area (Å²) in [6.07, 6.45) is -3.23. The van der Waals surface area contributed by atoms with E-state index in [1.54, 1.807) is 44.2 Å². The fourth-order valence-corrected chi connectivity index (χ4v) is 5.63. The predicted octanol–water partition coefficient (Wildman–Crippen LogP) is 1.95. The molecule has 0 spiro atoms. The molecule has 212 valence electrons. The van der Waals surface area contributed by atoms with Crippen LogP contribution in [0.15, 0.2) is 59.5 Å². The average molecular weight is 566 g/mol. The number of nitrogens with zero attached hydrogens (tertiary/aromatic N) is 3. The van der Waals surface area contributed by atoms with Crippen molar-refractivity contribution in [2.24, 2.45) is 0 Å². The van der Waals surface area contributed by atoms with Crippen LogP contribution in [0.5, 0.6) is 0 Å². The number of β-amino-alcohol motifs (C(OH)–C–C–N with tert-alkyl or cyclic N) is 1. The molecule has 0 bridgehead atoms. The summed E-state index contributed by atoms with van der Waals surface area (Å²) >= 11 is 0. The van der Waals surface area contributed by atoms with Crippen molar-refractivity contribution < 1.29 is 41.9 Å². The summed E-state index contributed by atoms with van der Waals surface area (Å²) < 4.78 is 46.4. The summed E-state index contributed by atoms with van der Waals surface area (Å²) in [6.45, 7) is 2.78. The molecule has 0 radical (unpaired) electrons. The molecule has 1 saturated heterocycles. The van der Waals surface area contributed by atoms with Gasteiger partial charge in [0.05, 0.1) is 17.1 Å². The van der Waals surface area contributed by atoms with Crippen LogP contribution in [0.3, 0.4) is 0 Å². The monoisotopic (exact) mass is 565 g/mol. The van der Waals surface area contributed by atoms with Gasteiger partial charge in [0.2, 0.25) is 10.0 Å². The van der Waals surface area contributed by atoms with E-state index in [1.807, 2.05) is 0 Å². The average Bonchev–Trinajstić information content (AvgIpc) is 3.28. The number of aliphatic hydroxyl groups excluding tert-OH is 1. The third kappa shape index (κ3) is 7.31. The van der Waals surface area contributed by atoms with E-state index in [1.165, 1.54) is 14.1 Å². The van der Waals surface area contributed by atoms with Gasteiger partial charge in [0.25, 0.3) is 5.91 Å². The van der Waals surface area contributed by atoms with Gasteiger partial charge in [0, 0.05) is 33.5 Å². The van der Waals surface area contributed by atoms with E-state index in [9.17, 15) is 32.3 Å². The number of ether oxygens (including phenoxy) is 1. The number of hydrogen-bond acceptors (Lipinski definition) is 8. The molecule has 1 aliphatic rings. The lowest BCUT2D eigenvalue weighted by Gasteiger charge is -2.33. The SMILES string of the molecule is CC(C)OC(=O)[C@H](Cc1ccccc1)N(OC(=O)N(C)C)C(=O)[C@@H]1C[C@@H](O)CN1S(=O)(=O)c1ccc(F)cc1. The van der Waals surface area contributed by atoms with Crippen molar-refractivity contribution in [1.82, 2.24) is 14.3 Å². The van der Waals surface area contributed by atoms with Gasteiger partial charge in [-0.25, -0.2) is 22.4 Å². The molecule has 1 aliphatic heterocycles. The number of sulfonamides is 1. The minimum Gasteiger partial charge on any atom is -0.461 e. The van der Waals surface area contributed by atoms with Gasteiger partial charge in [-0.2, -0.15) is 9.37 Å². The molecule has 1 fully saturated rings. The molecule has 3 atom stereocenters. The Labute approximate surface area is 226 Å². The summed E-state index contributed by atoms with van der Waals surface area (Å²) in [7, 11) is -1.65. The normalized spacial score (nSPS) is 18.4. The van der Waals surface area contributed by atoms with Crippen LogP contribution in [0.25, 0.3) is 0 Å². The van der Waals surface area contributed by atoms with Crippen molar-refractivity contribution in [2.45, 2.75) is 55.9 Å². The highest BCUT2D eigenvalue weighted by Crippen LogP contribution is 2.29. The van der Waals surface area contributed by atoms with E-state index < -0.39 is 64.6 Å². The van der Waals surface area contributed by atoms with Gasteiger partial charge in [0.15, 0.2) is 6.04 Å². The first-order valence-electron chi connectivity index (χ1n) is 12.2. The zero-order chi connectivity index (χ0) is 28.9. The zero-order valence-corrected chi connectivity index (χ0v) is 22.9. The van der Waals surface area contributed by atoms with Crippen LogP contribution in [0.1, 0.15) is 25.8 Å². The number of hydrogen-bond donors (Lipinski definition) is 1. The highest BCUT2D eigenvalue weighted by molar-refractivity contribution is 7.89. The Kier molecular flexibility index (Phi) is 9.64. The molecule has 2 aromatic carbocycles. The van der Waals surface area contributed by atoms with E-state index in [0.29, 0.717) is 10.6 Å². The molecular weight excluding hydrogens is 533 g/mol. The third-order valence-corrected chi connectivity index (χ3v) is 7.77. The Balaban J connectivity index is 2.05. The van der Waals surface area contributed by atoms with Gasteiger partial charge < -0.3 is 19.6 Å². The summed E-state index contributed by atoms with van der Waals surface area (Å²) in [6, 6.07) is 9.61. The van der Waals surface area contributed by atoms with Gasteiger partial charge in [-0.15, -0.1) is 0 Å². The smallest absolute Gasteiger partial charge is 0.433 e. The standard InChI is InChI=1S/C26H32FN3O8S/c1-17(2)37-25(33)23(14-18-8-6-5-7-9-18)30(38-26(34)28(3)4)24(32)22-15-20(31)16-29(22)39(35,36)21-12-10-19(27)11-13-21/h5-13,17,20,22-23,31H,14-16H2,1-4H3/t20-,22+,23+/m1/s1. The molecule has 3 rings (SSSR count). The van der Waals surface area contributed by atoms with Crippen LogP contribution in [-0.2, 0) is 35.6 Å². The second-order valence-electron chi connectivity index (χ2n) is 9.54. The fraction of sp³-hybridized carbons (Fsp3) is 0.423. The maximum Gasteiger partial charge on any atom is 0.433 e. The van der Waals surface area contributed by atoms with Crippen molar-refractivity contribution in [3.63, 3.8) is 0 Å². The number of amides is 2. The van der Waals surface area contributed by atoms with E-state index in [4.69, 9.17) is 9.57 Å². The van der Waals surface area contributed by atoms with Crippen LogP contribution < -0.4 is 0 Å².